The number of thiophene rings is 1. The van der Waals surface area contributed by atoms with E-state index in [1.54, 1.807) is 11.3 Å². The highest BCUT2D eigenvalue weighted by Gasteiger charge is 2.06. The monoisotopic (exact) mass is 314 g/mol. The molecule has 0 unspecified atom stereocenters. The summed E-state index contributed by atoms with van der Waals surface area (Å²) < 4.78 is 2.27. The summed E-state index contributed by atoms with van der Waals surface area (Å²) in [6.07, 6.45) is 0.458. The average Bonchev–Trinajstić information content (AvgIpc) is 2.51. The maximum Gasteiger partial charge on any atom is 0.0670 e. The van der Waals surface area contributed by atoms with Crippen LogP contribution >= 0.6 is 33.9 Å². The lowest BCUT2D eigenvalue weighted by molar-refractivity contribution is 1.30. The molecule has 0 aliphatic heterocycles. The maximum atomic E-state index is 8.64. The number of hydrogen-bond donors (Lipinski definition) is 1. The lowest BCUT2D eigenvalue weighted by Crippen LogP contribution is -1.88. The van der Waals surface area contributed by atoms with Crippen LogP contribution in [-0.2, 0) is 6.42 Å². The van der Waals surface area contributed by atoms with Gasteiger partial charge in [-0.15, -0.1) is 11.3 Å². The van der Waals surface area contributed by atoms with E-state index in [1.165, 1.54) is 4.70 Å². The molecule has 0 radical (unpaired) electrons. The molecule has 70 valence electrons. The summed E-state index contributed by atoms with van der Waals surface area (Å²) in [5.74, 6) is 0. The molecular formula is C10H7IN2S. The van der Waals surface area contributed by atoms with E-state index in [1.807, 2.05) is 11.4 Å². The summed E-state index contributed by atoms with van der Waals surface area (Å²) in [6.45, 7) is 0. The molecular weight excluding hydrogens is 307 g/mol. The van der Waals surface area contributed by atoms with Crippen LogP contribution in [0.25, 0.3) is 10.1 Å². The molecule has 0 fully saturated rings. The zero-order chi connectivity index (χ0) is 10.1. The third kappa shape index (κ3) is 1.57. The van der Waals surface area contributed by atoms with E-state index in [4.69, 9.17) is 11.0 Å². The molecule has 0 aliphatic rings. The first-order valence-electron chi connectivity index (χ1n) is 4.04. The summed E-state index contributed by atoms with van der Waals surface area (Å²) >= 11 is 3.89. The molecule has 0 bridgehead atoms. The van der Waals surface area contributed by atoms with Gasteiger partial charge in [0.2, 0.25) is 0 Å². The Bertz CT molecular complexity index is 525. The third-order valence-electron chi connectivity index (χ3n) is 2.04. The predicted octanol–water partition coefficient (Wildman–Crippen LogP) is 3.15. The molecule has 1 aromatic carbocycles. The Hall–Kier alpha value is -0.800. The molecule has 2 nitrogen and oxygen atoms in total. The number of nitrogens with two attached hydrogens (primary N) is 1. The quantitative estimate of drug-likeness (QED) is 0.649. The van der Waals surface area contributed by atoms with E-state index in [0.29, 0.717) is 6.42 Å². The molecule has 14 heavy (non-hydrogen) atoms. The topological polar surface area (TPSA) is 49.8 Å². The van der Waals surface area contributed by atoms with Crippen molar-refractivity contribution in [1.82, 2.24) is 0 Å². The molecule has 1 aromatic heterocycles. The van der Waals surface area contributed by atoms with Crippen molar-refractivity contribution in [2.24, 2.45) is 0 Å². The number of halogens is 1. The summed E-state index contributed by atoms with van der Waals surface area (Å²) in [7, 11) is 0. The zero-order valence-electron chi connectivity index (χ0n) is 7.25. The first-order valence-corrected chi connectivity index (χ1v) is 6.00. The molecule has 0 amide bonds. The van der Waals surface area contributed by atoms with Gasteiger partial charge in [0.1, 0.15) is 0 Å². The van der Waals surface area contributed by atoms with Crippen LogP contribution in [0.3, 0.4) is 0 Å². The Morgan fingerprint density at radius 1 is 1.50 bits per heavy atom. The van der Waals surface area contributed by atoms with Crippen molar-refractivity contribution < 1.29 is 0 Å². The molecule has 2 aromatic rings. The summed E-state index contributed by atoms with van der Waals surface area (Å²) in [5, 5.41) is 11.8. The number of fused-ring (bicyclic) bond motifs is 1. The molecule has 4 heteroatoms. The van der Waals surface area contributed by atoms with E-state index in [9.17, 15) is 0 Å². The second-order valence-electron chi connectivity index (χ2n) is 2.97. The first-order chi connectivity index (χ1) is 6.72. The molecule has 0 aliphatic carbocycles. The minimum atomic E-state index is 0.458. The fourth-order valence-electron chi connectivity index (χ4n) is 1.34. The van der Waals surface area contributed by atoms with Crippen molar-refractivity contribution in [3.05, 3.63) is 26.6 Å². The van der Waals surface area contributed by atoms with Crippen molar-refractivity contribution in [3.8, 4) is 6.07 Å². The molecule has 0 saturated heterocycles. The lowest BCUT2D eigenvalue weighted by atomic mass is 10.1. The van der Waals surface area contributed by atoms with Crippen LogP contribution in [0.5, 0.6) is 0 Å². The van der Waals surface area contributed by atoms with Gasteiger partial charge in [0, 0.05) is 14.0 Å². The van der Waals surface area contributed by atoms with Crippen LogP contribution in [-0.4, -0.2) is 0 Å². The number of benzene rings is 1. The third-order valence-corrected chi connectivity index (χ3v) is 3.97. The summed E-state index contributed by atoms with van der Waals surface area (Å²) in [4.78, 5) is 0. The number of nitriles is 1. The molecule has 1 heterocycles. The van der Waals surface area contributed by atoms with Gasteiger partial charge in [-0.05, 0) is 51.1 Å². The highest BCUT2D eigenvalue weighted by molar-refractivity contribution is 14.1. The van der Waals surface area contributed by atoms with Crippen molar-refractivity contribution in [3.63, 3.8) is 0 Å². The average molecular weight is 314 g/mol. The molecule has 2 rings (SSSR count). The van der Waals surface area contributed by atoms with Gasteiger partial charge < -0.3 is 5.73 Å². The minimum Gasteiger partial charge on any atom is -0.398 e. The van der Waals surface area contributed by atoms with Crippen molar-refractivity contribution in [2.45, 2.75) is 6.42 Å². The number of nitrogen functional groups attached to an aromatic ring is 1. The molecule has 0 saturated carbocycles. The fourth-order valence-corrected chi connectivity index (χ4v) is 3.00. The van der Waals surface area contributed by atoms with Crippen LogP contribution in [0.1, 0.15) is 5.56 Å². The van der Waals surface area contributed by atoms with Gasteiger partial charge in [0.05, 0.1) is 12.5 Å². The summed E-state index contributed by atoms with van der Waals surface area (Å²) in [6, 6.07) is 6.19. The second-order valence-corrected chi connectivity index (χ2v) is 5.04. The number of anilines is 1. The largest absolute Gasteiger partial charge is 0.398 e. The number of nitrogens with zero attached hydrogens (tertiary/aromatic N) is 1. The Balaban J connectivity index is 2.69. The van der Waals surface area contributed by atoms with Crippen molar-refractivity contribution in [2.75, 3.05) is 5.73 Å². The van der Waals surface area contributed by atoms with Gasteiger partial charge in [-0.3, -0.25) is 0 Å². The van der Waals surface area contributed by atoms with Crippen molar-refractivity contribution in [1.29, 1.82) is 5.26 Å². The normalized spacial score (nSPS) is 10.3. The van der Waals surface area contributed by atoms with E-state index in [2.05, 4.69) is 34.7 Å². The van der Waals surface area contributed by atoms with Crippen LogP contribution in [0.4, 0.5) is 5.69 Å². The van der Waals surface area contributed by atoms with Gasteiger partial charge in [0.25, 0.3) is 0 Å². The number of rotatable bonds is 1. The standard InChI is InChI=1S/C10H7IN2S/c11-8-4-10-7(3-9(8)13)6(1-2-12)5-14-10/h3-5H,1,13H2. The van der Waals surface area contributed by atoms with Crippen LogP contribution in [0, 0.1) is 14.9 Å². The predicted molar refractivity (Wildman–Crippen MR) is 68.3 cm³/mol. The van der Waals surface area contributed by atoms with Crippen LogP contribution in [0.15, 0.2) is 17.5 Å². The highest BCUT2D eigenvalue weighted by atomic mass is 127. The van der Waals surface area contributed by atoms with Crippen molar-refractivity contribution >= 4 is 49.7 Å². The van der Waals surface area contributed by atoms with E-state index >= 15 is 0 Å². The minimum absolute atomic E-state index is 0.458. The second kappa shape index (κ2) is 3.75. The number of hydrogen-bond acceptors (Lipinski definition) is 3. The Morgan fingerprint density at radius 3 is 3.00 bits per heavy atom. The first kappa shape index (κ1) is 9.74. The van der Waals surface area contributed by atoms with Gasteiger partial charge >= 0.3 is 0 Å². The van der Waals surface area contributed by atoms with Gasteiger partial charge in [-0.25, -0.2) is 0 Å². The Kier molecular flexibility index (Phi) is 2.61. The van der Waals surface area contributed by atoms with Gasteiger partial charge in [0.15, 0.2) is 0 Å². The zero-order valence-corrected chi connectivity index (χ0v) is 10.2. The van der Waals surface area contributed by atoms with E-state index < -0.39 is 0 Å². The smallest absolute Gasteiger partial charge is 0.0670 e. The van der Waals surface area contributed by atoms with Gasteiger partial charge in [-0.2, -0.15) is 5.26 Å². The lowest BCUT2D eigenvalue weighted by Gasteiger charge is -1.99. The van der Waals surface area contributed by atoms with Gasteiger partial charge in [-0.1, -0.05) is 0 Å². The Labute approximate surface area is 99.5 Å². The van der Waals surface area contributed by atoms with E-state index in [-0.39, 0.29) is 0 Å². The van der Waals surface area contributed by atoms with Crippen LogP contribution in [0.2, 0.25) is 0 Å². The van der Waals surface area contributed by atoms with E-state index in [0.717, 1.165) is 20.2 Å². The molecule has 0 atom stereocenters. The van der Waals surface area contributed by atoms with Crippen LogP contribution < -0.4 is 5.73 Å². The maximum absolute atomic E-state index is 8.64. The Morgan fingerprint density at radius 2 is 2.29 bits per heavy atom. The molecule has 0 spiro atoms. The fraction of sp³-hybridized carbons (Fsp3) is 0.100. The summed E-state index contributed by atoms with van der Waals surface area (Å²) in [5.41, 5.74) is 7.69. The highest BCUT2D eigenvalue weighted by Crippen LogP contribution is 2.31. The molecule has 2 N–H and O–H groups in total. The SMILES string of the molecule is N#CCc1csc2cc(I)c(N)cc12.